The second-order valence-corrected chi connectivity index (χ2v) is 11.3. The predicted octanol–water partition coefficient (Wildman–Crippen LogP) is 6.19. The van der Waals surface area contributed by atoms with Crippen molar-refractivity contribution in [1.29, 1.82) is 0 Å². The maximum atomic E-state index is 13.0. The monoisotopic (exact) mass is 500 g/mol. The number of carbonyl (C=O) groups is 1. The Morgan fingerprint density at radius 2 is 1.76 bits per heavy atom. The van der Waals surface area contributed by atoms with Gasteiger partial charge >= 0.3 is 6.09 Å². The van der Waals surface area contributed by atoms with Gasteiger partial charge in [-0.3, -0.25) is 4.90 Å². The molecule has 3 fully saturated rings. The summed E-state index contributed by atoms with van der Waals surface area (Å²) < 4.78 is 17.8. The van der Waals surface area contributed by atoms with Crippen molar-refractivity contribution in [3.63, 3.8) is 0 Å². The molecule has 3 saturated heterocycles. The van der Waals surface area contributed by atoms with Gasteiger partial charge in [-0.25, -0.2) is 4.79 Å². The lowest BCUT2D eigenvalue weighted by Gasteiger charge is -2.44. The zero-order chi connectivity index (χ0) is 25.6. The Morgan fingerprint density at radius 3 is 2.51 bits per heavy atom. The van der Waals surface area contributed by atoms with E-state index < -0.39 is 0 Å². The maximum absolute atomic E-state index is 13.0. The van der Waals surface area contributed by atoms with Crippen LogP contribution in [0.3, 0.4) is 0 Å². The van der Waals surface area contributed by atoms with Gasteiger partial charge in [-0.15, -0.1) is 0 Å². The van der Waals surface area contributed by atoms with E-state index in [2.05, 4.69) is 72.6 Å². The second-order valence-electron chi connectivity index (χ2n) is 11.3. The SMILES string of the molecule is CCOc1ccc2cc(-c3ccc4c(c3)OCC(C)(C)C4NC(=O)O[C@H]3CN4CCC3CC4)ccc2c1. The second kappa shape index (κ2) is 9.56. The number of piperidine rings is 3. The highest BCUT2D eigenvalue weighted by molar-refractivity contribution is 5.88. The fraction of sp³-hybridized carbons (Fsp3) is 0.452. The van der Waals surface area contributed by atoms with E-state index in [1.54, 1.807) is 0 Å². The summed E-state index contributed by atoms with van der Waals surface area (Å²) in [6, 6.07) is 18.8. The van der Waals surface area contributed by atoms with Crippen LogP contribution < -0.4 is 14.8 Å². The van der Waals surface area contributed by atoms with E-state index in [0.29, 0.717) is 19.1 Å². The molecule has 1 N–H and O–H groups in total. The van der Waals surface area contributed by atoms with Crippen LogP contribution in [0, 0.1) is 11.3 Å². The third kappa shape index (κ3) is 4.75. The highest BCUT2D eigenvalue weighted by atomic mass is 16.6. The molecular weight excluding hydrogens is 464 g/mol. The van der Waals surface area contributed by atoms with Gasteiger partial charge in [0.15, 0.2) is 0 Å². The van der Waals surface area contributed by atoms with Crippen LogP contribution in [0.5, 0.6) is 11.5 Å². The van der Waals surface area contributed by atoms with Gasteiger partial charge in [0.2, 0.25) is 0 Å². The smallest absolute Gasteiger partial charge is 0.407 e. The van der Waals surface area contributed by atoms with Gasteiger partial charge in [0, 0.05) is 17.5 Å². The average molecular weight is 501 g/mol. The van der Waals surface area contributed by atoms with Crippen molar-refractivity contribution in [3.8, 4) is 22.6 Å². The Labute approximate surface area is 218 Å². The van der Waals surface area contributed by atoms with Crippen molar-refractivity contribution in [2.75, 3.05) is 32.8 Å². The van der Waals surface area contributed by atoms with Crippen LogP contribution >= 0.6 is 0 Å². The number of carbonyl (C=O) groups excluding carboxylic acids is 1. The van der Waals surface area contributed by atoms with Crippen molar-refractivity contribution in [2.24, 2.45) is 11.3 Å². The predicted molar refractivity (Wildman–Crippen MR) is 145 cm³/mol. The third-order valence-corrected chi connectivity index (χ3v) is 8.28. The lowest BCUT2D eigenvalue weighted by atomic mass is 9.78. The van der Waals surface area contributed by atoms with E-state index in [0.717, 1.165) is 71.4 Å². The number of nitrogens with zero attached hydrogens (tertiary/aromatic N) is 1. The molecule has 0 saturated carbocycles. The first-order valence-electron chi connectivity index (χ1n) is 13.5. The van der Waals surface area contributed by atoms with Crippen LogP contribution in [0.2, 0.25) is 0 Å². The van der Waals surface area contributed by atoms with Crippen LogP contribution in [-0.2, 0) is 4.74 Å². The molecule has 4 aliphatic rings. The lowest BCUT2D eigenvalue weighted by Crippen LogP contribution is -2.53. The molecule has 0 aromatic heterocycles. The number of amides is 1. The van der Waals surface area contributed by atoms with E-state index in [-0.39, 0.29) is 23.7 Å². The molecule has 2 atom stereocenters. The first kappa shape index (κ1) is 24.1. The van der Waals surface area contributed by atoms with Gasteiger partial charge in [-0.1, -0.05) is 44.2 Å². The van der Waals surface area contributed by atoms with E-state index in [9.17, 15) is 4.79 Å². The van der Waals surface area contributed by atoms with Crippen LogP contribution in [0.1, 0.15) is 45.2 Å². The number of rotatable bonds is 5. The minimum absolute atomic E-state index is 0.00943. The molecule has 0 spiro atoms. The van der Waals surface area contributed by atoms with Crippen molar-refractivity contribution in [1.82, 2.24) is 10.2 Å². The number of benzene rings is 3. The molecule has 3 aromatic carbocycles. The Morgan fingerprint density at radius 1 is 1.03 bits per heavy atom. The van der Waals surface area contributed by atoms with E-state index >= 15 is 0 Å². The lowest BCUT2D eigenvalue weighted by molar-refractivity contribution is -0.0361. The number of alkyl carbamates (subject to hydrolysis) is 1. The molecule has 2 bridgehead atoms. The van der Waals surface area contributed by atoms with Gasteiger partial charge in [-0.05, 0) is 84.9 Å². The summed E-state index contributed by atoms with van der Waals surface area (Å²) in [6.07, 6.45) is 1.91. The zero-order valence-electron chi connectivity index (χ0n) is 22.0. The highest BCUT2D eigenvalue weighted by Crippen LogP contribution is 2.44. The summed E-state index contributed by atoms with van der Waals surface area (Å²) in [5.74, 6) is 2.19. The first-order valence-corrected chi connectivity index (χ1v) is 13.5. The van der Waals surface area contributed by atoms with E-state index in [4.69, 9.17) is 14.2 Å². The average Bonchev–Trinajstić information content (AvgIpc) is 2.91. The zero-order valence-corrected chi connectivity index (χ0v) is 22.0. The molecule has 37 heavy (non-hydrogen) atoms. The van der Waals surface area contributed by atoms with Gasteiger partial charge in [0.25, 0.3) is 0 Å². The molecule has 0 radical (unpaired) electrons. The Balaban J connectivity index is 1.22. The number of fused-ring (bicyclic) bond motifs is 5. The van der Waals surface area contributed by atoms with Crippen LogP contribution in [0.25, 0.3) is 21.9 Å². The van der Waals surface area contributed by atoms with E-state index in [1.165, 1.54) is 0 Å². The van der Waals surface area contributed by atoms with Crippen molar-refractivity contribution in [2.45, 2.75) is 45.8 Å². The van der Waals surface area contributed by atoms with Crippen molar-refractivity contribution >= 4 is 16.9 Å². The Hall–Kier alpha value is -3.25. The molecule has 6 nitrogen and oxygen atoms in total. The summed E-state index contributed by atoms with van der Waals surface area (Å²) in [5.41, 5.74) is 2.94. The molecule has 1 unspecified atom stereocenters. The van der Waals surface area contributed by atoms with Gasteiger partial charge < -0.3 is 19.5 Å². The molecule has 6 heteroatoms. The van der Waals surface area contributed by atoms with Crippen LogP contribution in [0.4, 0.5) is 4.79 Å². The molecular formula is C31H36N2O4. The fourth-order valence-corrected chi connectivity index (χ4v) is 6.11. The standard InChI is InChI=1S/C31H36N2O4/c1-4-35-25-9-7-22-15-21(5-6-23(22)16-25)24-8-10-26-27(17-24)36-19-31(2,3)29(26)32-30(34)37-28-18-33-13-11-20(28)12-14-33/h5-10,15-17,20,28-29H,4,11-14,18-19H2,1-3H3,(H,32,34)/t28-,29?/m0/s1. The van der Waals surface area contributed by atoms with Gasteiger partial charge in [0.05, 0.1) is 19.3 Å². The van der Waals surface area contributed by atoms with E-state index in [1.807, 2.05) is 13.0 Å². The molecule has 194 valence electrons. The normalized spacial score (nSPS) is 25.7. The van der Waals surface area contributed by atoms with Gasteiger partial charge in [-0.2, -0.15) is 0 Å². The minimum Gasteiger partial charge on any atom is -0.494 e. The third-order valence-electron chi connectivity index (χ3n) is 8.28. The fourth-order valence-electron chi connectivity index (χ4n) is 6.11. The topological polar surface area (TPSA) is 60.0 Å². The summed E-state index contributed by atoms with van der Waals surface area (Å²) in [4.78, 5) is 15.4. The van der Waals surface area contributed by atoms with Gasteiger partial charge in [0.1, 0.15) is 17.6 Å². The Bertz CT molecular complexity index is 1310. The summed E-state index contributed by atoms with van der Waals surface area (Å²) in [5, 5.41) is 5.51. The molecule has 7 rings (SSSR count). The highest BCUT2D eigenvalue weighted by Gasteiger charge is 2.41. The molecule has 4 aliphatic heterocycles. The Kier molecular flexibility index (Phi) is 6.23. The summed E-state index contributed by atoms with van der Waals surface area (Å²) in [6.45, 7) is 10.5. The van der Waals surface area contributed by atoms with Crippen molar-refractivity contribution < 1.29 is 19.0 Å². The number of hydrogen-bond acceptors (Lipinski definition) is 5. The van der Waals surface area contributed by atoms with Crippen molar-refractivity contribution in [3.05, 3.63) is 60.2 Å². The largest absolute Gasteiger partial charge is 0.494 e. The first-order chi connectivity index (χ1) is 17.9. The minimum atomic E-state index is -0.324. The number of nitrogens with one attached hydrogen (secondary N) is 1. The maximum Gasteiger partial charge on any atom is 0.407 e. The summed E-state index contributed by atoms with van der Waals surface area (Å²) in [7, 11) is 0. The summed E-state index contributed by atoms with van der Waals surface area (Å²) >= 11 is 0. The number of hydrogen-bond donors (Lipinski definition) is 1. The number of ether oxygens (including phenoxy) is 3. The quantitative estimate of drug-likeness (QED) is 0.453. The molecule has 4 heterocycles. The molecule has 0 aliphatic carbocycles. The molecule has 3 aromatic rings. The molecule has 1 amide bonds. The van der Waals surface area contributed by atoms with Crippen LogP contribution in [-0.4, -0.2) is 49.9 Å². The van der Waals surface area contributed by atoms with Crippen LogP contribution in [0.15, 0.2) is 54.6 Å².